The lowest BCUT2D eigenvalue weighted by atomic mass is 10.2. The molecular formula is C22H24N4O7. The van der Waals surface area contributed by atoms with E-state index in [2.05, 4.69) is 21.2 Å². The van der Waals surface area contributed by atoms with Crippen molar-refractivity contribution in [3.05, 3.63) is 36.4 Å². The van der Waals surface area contributed by atoms with E-state index in [0.717, 1.165) is 0 Å². The lowest BCUT2D eigenvalue weighted by Crippen LogP contribution is -2.33. The van der Waals surface area contributed by atoms with Gasteiger partial charge in [0.25, 0.3) is 0 Å². The summed E-state index contributed by atoms with van der Waals surface area (Å²) >= 11 is 0. The van der Waals surface area contributed by atoms with Gasteiger partial charge in [0, 0.05) is 23.5 Å². The molecule has 2 aromatic rings. The minimum Gasteiger partial charge on any atom is -0.497 e. The lowest BCUT2D eigenvalue weighted by Gasteiger charge is -2.19. The van der Waals surface area contributed by atoms with Crippen molar-refractivity contribution in [2.75, 3.05) is 38.1 Å². The maximum atomic E-state index is 12.3. The molecule has 3 rings (SSSR count). The molecule has 0 radical (unpaired) electrons. The van der Waals surface area contributed by atoms with Crippen molar-refractivity contribution < 1.29 is 33.3 Å². The molecule has 11 nitrogen and oxygen atoms in total. The third-order valence-electron chi connectivity index (χ3n) is 4.45. The predicted octanol–water partition coefficient (Wildman–Crippen LogP) is 1.93. The molecule has 0 atom stereocenters. The zero-order valence-corrected chi connectivity index (χ0v) is 18.4. The summed E-state index contributed by atoms with van der Waals surface area (Å²) in [4.78, 5) is 36.5. The number of hydrogen-bond acceptors (Lipinski definition) is 8. The Hall–Kier alpha value is -4.28. The smallest absolute Gasteiger partial charge is 0.329 e. The monoisotopic (exact) mass is 456 g/mol. The fraction of sp³-hybridized carbons (Fsp3) is 0.273. The highest BCUT2D eigenvalue weighted by Gasteiger charge is 2.17. The van der Waals surface area contributed by atoms with E-state index >= 15 is 0 Å². The number of anilines is 2. The van der Waals surface area contributed by atoms with E-state index < -0.39 is 11.8 Å². The first-order valence-electron chi connectivity index (χ1n) is 9.95. The summed E-state index contributed by atoms with van der Waals surface area (Å²) in [5.41, 5.74) is 3.22. The molecule has 174 valence electrons. The van der Waals surface area contributed by atoms with Crippen LogP contribution in [0.3, 0.4) is 0 Å². The van der Waals surface area contributed by atoms with Gasteiger partial charge < -0.3 is 29.6 Å². The van der Waals surface area contributed by atoms with Crippen molar-refractivity contribution in [2.45, 2.75) is 13.3 Å². The van der Waals surface area contributed by atoms with Gasteiger partial charge in [-0.1, -0.05) is 0 Å². The summed E-state index contributed by atoms with van der Waals surface area (Å²) in [6, 6.07) is 9.82. The molecule has 0 spiro atoms. The molecule has 2 aromatic carbocycles. The van der Waals surface area contributed by atoms with Gasteiger partial charge in [0.1, 0.15) is 24.7 Å². The first-order valence-corrected chi connectivity index (χ1v) is 9.95. The minimum absolute atomic E-state index is 0.0972. The van der Waals surface area contributed by atoms with E-state index in [9.17, 15) is 14.4 Å². The summed E-state index contributed by atoms with van der Waals surface area (Å²) in [6.45, 7) is 2.46. The normalized spacial score (nSPS) is 12.4. The Morgan fingerprint density at radius 3 is 2.42 bits per heavy atom. The average molecular weight is 456 g/mol. The molecule has 1 aliphatic rings. The Labute approximate surface area is 190 Å². The Bertz CT molecular complexity index is 1080. The first kappa shape index (κ1) is 23.4. The summed E-state index contributed by atoms with van der Waals surface area (Å²) in [6.07, 6.45) is -0.0972. The Morgan fingerprint density at radius 2 is 1.70 bits per heavy atom. The highest BCUT2D eigenvalue weighted by molar-refractivity contribution is 6.39. The average Bonchev–Trinajstić information content (AvgIpc) is 2.82. The van der Waals surface area contributed by atoms with Crippen LogP contribution in [0.15, 0.2) is 41.5 Å². The van der Waals surface area contributed by atoms with Gasteiger partial charge in [0.05, 0.1) is 26.3 Å². The summed E-state index contributed by atoms with van der Waals surface area (Å²) < 4.78 is 21.2. The molecule has 3 N–H and O–H groups in total. The number of amides is 3. The summed E-state index contributed by atoms with van der Waals surface area (Å²) in [5.74, 6) is -0.324. The van der Waals surface area contributed by atoms with Crippen LogP contribution in [0.25, 0.3) is 0 Å². The van der Waals surface area contributed by atoms with Crippen LogP contribution in [-0.2, 0) is 14.4 Å². The SMILES string of the molecule is COc1ccc(OC)c(NC(=O)C(=O)NN=C(C)CC(=O)Nc2ccc3c(c2)OCCO3)c1. The highest BCUT2D eigenvalue weighted by Crippen LogP contribution is 2.32. The number of nitrogens with zero attached hydrogens (tertiary/aromatic N) is 1. The molecule has 0 fully saturated rings. The second-order valence-electron chi connectivity index (χ2n) is 6.89. The second-order valence-corrected chi connectivity index (χ2v) is 6.89. The van der Waals surface area contributed by atoms with E-state index in [-0.39, 0.29) is 18.0 Å². The highest BCUT2D eigenvalue weighted by atomic mass is 16.6. The molecule has 0 aromatic heterocycles. The molecule has 1 aliphatic heterocycles. The van der Waals surface area contributed by atoms with Crippen molar-refractivity contribution in [3.8, 4) is 23.0 Å². The topological polar surface area (TPSA) is 137 Å². The van der Waals surface area contributed by atoms with Crippen molar-refractivity contribution in [3.63, 3.8) is 0 Å². The van der Waals surface area contributed by atoms with Crippen molar-refractivity contribution in [1.29, 1.82) is 0 Å². The standard InChI is InChI=1S/C22H24N4O7/c1-13(10-20(27)23-14-4-6-18-19(11-14)33-9-8-32-18)25-26-22(29)21(28)24-16-12-15(30-2)5-7-17(16)31-3/h4-7,11-12H,8-10H2,1-3H3,(H,23,27)(H,24,28)(H,26,29). The number of methoxy groups -OCH3 is 2. The molecule has 0 bridgehead atoms. The van der Waals surface area contributed by atoms with Crippen LogP contribution < -0.4 is 35.0 Å². The van der Waals surface area contributed by atoms with E-state index in [1.54, 1.807) is 37.3 Å². The molecule has 33 heavy (non-hydrogen) atoms. The van der Waals surface area contributed by atoms with Crippen LogP contribution in [0.2, 0.25) is 0 Å². The van der Waals surface area contributed by atoms with Crippen LogP contribution in [0, 0.1) is 0 Å². The third-order valence-corrected chi connectivity index (χ3v) is 4.45. The lowest BCUT2D eigenvalue weighted by molar-refractivity contribution is -0.136. The Balaban J connectivity index is 1.52. The zero-order valence-electron chi connectivity index (χ0n) is 18.4. The van der Waals surface area contributed by atoms with E-state index in [1.807, 2.05) is 0 Å². The fourth-order valence-corrected chi connectivity index (χ4v) is 2.89. The van der Waals surface area contributed by atoms with Gasteiger partial charge in [-0.15, -0.1) is 0 Å². The third kappa shape index (κ3) is 6.35. The van der Waals surface area contributed by atoms with E-state index in [4.69, 9.17) is 18.9 Å². The zero-order chi connectivity index (χ0) is 23.8. The van der Waals surface area contributed by atoms with Crippen LogP contribution in [0.5, 0.6) is 23.0 Å². The van der Waals surface area contributed by atoms with Crippen LogP contribution in [0.1, 0.15) is 13.3 Å². The summed E-state index contributed by atoms with van der Waals surface area (Å²) in [5, 5.41) is 8.96. The van der Waals surface area contributed by atoms with E-state index in [1.165, 1.54) is 20.3 Å². The van der Waals surface area contributed by atoms with Gasteiger partial charge in [0.15, 0.2) is 11.5 Å². The second kappa shape index (κ2) is 10.8. The van der Waals surface area contributed by atoms with Crippen LogP contribution in [-0.4, -0.2) is 50.9 Å². The number of hydrogen-bond donors (Lipinski definition) is 3. The number of rotatable bonds is 7. The Kier molecular flexibility index (Phi) is 7.68. The minimum atomic E-state index is -1.01. The maximum absolute atomic E-state index is 12.3. The molecular weight excluding hydrogens is 432 g/mol. The van der Waals surface area contributed by atoms with E-state index in [0.29, 0.717) is 47.6 Å². The molecule has 0 aliphatic carbocycles. The molecule has 0 unspecified atom stereocenters. The fourth-order valence-electron chi connectivity index (χ4n) is 2.89. The van der Waals surface area contributed by atoms with Crippen LogP contribution in [0.4, 0.5) is 11.4 Å². The van der Waals surface area contributed by atoms with Crippen molar-refractivity contribution in [1.82, 2.24) is 5.43 Å². The summed E-state index contributed by atoms with van der Waals surface area (Å²) in [7, 11) is 2.91. The molecule has 11 heteroatoms. The van der Waals surface area contributed by atoms with Gasteiger partial charge in [-0.2, -0.15) is 5.10 Å². The van der Waals surface area contributed by atoms with Gasteiger partial charge in [-0.05, 0) is 31.2 Å². The van der Waals surface area contributed by atoms with Crippen LogP contribution >= 0.6 is 0 Å². The molecule has 0 saturated carbocycles. The quantitative estimate of drug-likeness (QED) is 0.329. The van der Waals surface area contributed by atoms with Gasteiger partial charge >= 0.3 is 11.8 Å². The van der Waals surface area contributed by atoms with Crippen molar-refractivity contribution >= 4 is 34.8 Å². The first-order chi connectivity index (χ1) is 15.9. The number of nitrogens with one attached hydrogen (secondary N) is 3. The van der Waals surface area contributed by atoms with Gasteiger partial charge in [-0.3, -0.25) is 14.4 Å². The molecule has 1 heterocycles. The van der Waals surface area contributed by atoms with Gasteiger partial charge in [0.2, 0.25) is 5.91 Å². The number of ether oxygens (including phenoxy) is 4. The number of carbonyl (C=O) groups excluding carboxylic acids is 3. The molecule has 3 amide bonds. The molecule has 0 saturated heterocycles. The maximum Gasteiger partial charge on any atom is 0.329 e. The largest absolute Gasteiger partial charge is 0.497 e. The number of benzene rings is 2. The van der Waals surface area contributed by atoms with Gasteiger partial charge in [-0.25, -0.2) is 5.43 Å². The Morgan fingerprint density at radius 1 is 0.939 bits per heavy atom. The van der Waals surface area contributed by atoms with Crippen molar-refractivity contribution in [2.24, 2.45) is 5.10 Å². The number of hydrazone groups is 1. The number of fused-ring (bicyclic) bond motifs is 1. The number of carbonyl (C=O) groups is 3. The predicted molar refractivity (Wildman–Crippen MR) is 120 cm³/mol.